The number of ether oxygens (including phenoxy) is 1. The van der Waals surface area contributed by atoms with Crippen LogP contribution in [0.2, 0.25) is 0 Å². The number of methoxy groups -OCH3 is 1. The minimum Gasteiger partial charge on any atom is -0.497 e. The number of hydrogen-bond acceptors (Lipinski definition) is 4. The number of nitrogens with zero attached hydrogens (tertiary/aromatic N) is 2. The Hall–Kier alpha value is -1.36. The van der Waals surface area contributed by atoms with E-state index >= 15 is 0 Å². The van der Waals surface area contributed by atoms with Gasteiger partial charge in [-0.15, -0.1) is 12.4 Å². The van der Waals surface area contributed by atoms with Gasteiger partial charge in [0.15, 0.2) is 0 Å². The maximum Gasteiger partial charge on any atom is 0.119 e. The Morgan fingerprint density at radius 3 is 2.88 bits per heavy atom. The first-order valence-electron chi connectivity index (χ1n) is 9.06. The van der Waals surface area contributed by atoms with Crippen LogP contribution in [-0.4, -0.2) is 41.2 Å². The lowest BCUT2D eigenvalue weighted by molar-refractivity contribution is -0.0562. The third kappa shape index (κ3) is 3.23. The molecule has 2 aromatic rings. The minimum absolute atomic E-state index is 0. The van der Waals surface area contributed by atoms with Crippen molar-refractivity contribution in [1.29, 1.82) is 0 Å². The van der Waals surface area contributed by atoms with Gasteiger partial charge >= 0.3 is 0 Å². The van der Waals surface area contributed by atoms with Gasteiger partial charge in [-0.05, 0) is 61.1 Å². The second-order valence-corrected chi connectivity index (χ2v) is 7.24. The number of pyridine rings is 1. The smallest absolute Gasteiger partial charge is 0.119 e. The molecule has 3 fully saturated rings. The zero-order valence-corrected chi connectivity index (χ0v) is 15.7. The summed E-state index contributed by atoms with van der Waals surface area (Å²) < 4.78 is 5.36. The molecular formula is C20H27ClN2O2. The summed E-state index contributed by atoms with van der Waals surface area (Å²) in [5.74, 6) is 2.37. The molecule has 5 rings (SSSR count). The summed E-state index contributed by atoms with van der Waals surface area (Å²) in [5.41, 5.74) is 1.89. The summed E-state index contributed by atoms with van der Waals surface area (Å²) in [6.45, 7) is 4.55. The highest BCUT2D eigenvalue weighted by atomic mass is 35.5. The standard InChI is InChI=1S/C20H26N2O2.ClH/c1-3-13-12-22-9-7-14(13)10-19(22)20(23)16-6-8-21-18-5-4-15(24-2)11-17(16)18;/h4-6,8,11,13-14,19-20,23H,3,7,9-10,12H2,1-2H3;1H/t13-,14?,19?,20+;/m1./s1. The number of piperidine rings is 3. The summed E-state index contributed by atoms with van der Waals surface area (Å²) in [4.78, 5) is 6.94. The maximum absolute atomic E-state index is 11.2. The van der Waals surface area contributed by atoms with Crippen molar-refractivity contribution in [1.82, 2.24) is 9.88 Å². The highest BCUT2D eigenvalue weighted by molar-refractivity contribution is 5.85. The highest BCUT2D eigenvalue weighted by Crippen LogP contribution is 2.42. The van der Waals surface area contributed by atoms with Crippen molar-refractivity contribution in [2.75, 3.05) is 20.2 Å². The molecule has 0 aliphatic carbocycles. The molecule has 2 bridgehead atoms. The number of hydrogen-bond donors (Lipinski definition) is 1. The Morgan fingerprint density at radius 2 is 2.20 bits per heavy atom. The van der Waals surface area contributed by atoms with E-state index in [2.05, 4.69) is 16.8 Å². The molecule has 3 saturated heterocycles. The zero-order chi connectivity index (χ0) is 16.7. The number of aliphatic hydroxyl groups excluding tert-OH is 1. The first-order chi connectivity index (χ1) is 11.7. The van der Waals surface area contributed by atoms with Gasteiger partial charge in [-0.3, -0.25) is 9.88 Å². The van der Waals surface area contributed by atoms with Crippen LogP contribution in [0.15, 0.2) is 30.5 Å². The predicted molar refractivity (Wildman–Crippen MR) is 102 cm³/mol. The van der Waals surface area contributed by atoms with Gasteiger partial charge in [0.1, 0.15) is 5.75 Å². The van der Waals surface area contributed by atoms with Crippen LogP contribution in [0, 0.1) is 11.8 Å². The fourth-order valence-electron chi connectivity index (χ4n) is 4.71. The molecule has 0 amide bonds. The normalized spacial score (nSPS) is 29.2. The van der Waals surface area contributed by atoms with E-state index in [9.17, 15) is 5.11 Å². The predicted octanol–water partition coefficient (Wildman–Crippen LogP) is 3.82. The second kappa shape index (κ2) is 7.48. The average Bonchev–Trinajstić information content (AvgIpc) is 2.66. The molecule has 1 N–H and O–H groups in total. The van der Waals surface area contributed by atoms with Crippen molar-refractivity contribution in [2.24, 2.45) is 11.8 Å². The lowest BCUT2D eigenvalue weighted by Gasteiger charge is -2.51. The molecule has 4 nitrogen and oxygen atoms in total. The van der Waals surface area contributed by atoms with Crippen molar-refractivity contribution < 1.29 is 9.84 Å². The van der Waals surface area contributed by atoms with Gasteiger partial charge in [0, 0.05) is 24.2 Å². The monoisotopic (exact) mass is 362 g/mol. The highest BCUT2D eigenvalue weighted by Gasteiger charge is 2.42. The Kier molecular flexibility index (Phi) is 5.52. The molecule has 1 aromatic carbocycles. The molecule has 0 saturated carbocycles. The largest absolute Gasteiger partial charge is 0.497 e. The zero-order valence-electron chi connectivity index (χ0n) is 14.9. The van der Waals surface area contributed by atoms with Gasteiger partial charge in [0.25, 0.3) is 0 Å². The fourth-order valence-corrected chi connectivity index (χ4v) is 4.71. The fraction of sp³-hybridized carbons (Fsp3) is 0.550. The summed E-state index contributed by atoms with van der Waals surface area (Å²) >= 11 is 0. The van der Waals surface area contributed by atoms with E-state index in [0.29, 0.717) is 0 Å². The third-order valence-corrected chi connectivity index (χ3v) is 6.13. The number of fused-ring (bicyclic) bond motifs is 4. The molecule has 0 spiro atoms. The van der Waals surface area contributed by atoms with Crippen molar-refractivity contribution in [3.63, 3.8) is 0 Å². The van der Waals surface area contributed by atoms with Crippen LogP contribution in [0.4, 0.5) is 0 Å². The van der Waals surface area contributed by atoms with Crippen LogP contribution in [0.1, 0.15) is 37.9 Å². The number of aromatic nitrogens is 1. The van der Waals surface area contributed by atoms with Gasteiger partial charge in [-0.2, -0.15) is 0 Å². The molecule has 5 atom stereocenters. The van der Waals surface area contributed by atoms with Crippen LogP contribution in [0.25, 0.3) is 10.9 Å². The lowest BCUT2D eigenvalue weighted by atomic mass is 9.72. The van der Waals surface area contributed by atoms with Gasteiger partial charge in [0.05, 0.1) is 18.7 Å². The van der Waals surface area contributed by atoms with Crippen molar-refractivity contribution >= 4 is 23.3 Å². The second-order valence-electron chi connectivity index (χ2n) is 7.24. The van der Waals surface area contributed by atoms with Crippen molar-refractivity contribution in [2.45, 2.75) is 38.3 Å². The average molecular weight is 363 g/mol. The Morgan fingerprint density at radius 1 is 1.36 bits per heavy atom. The number of rotatable bonds is 4. The lowest BCUT2D eigenvalue weighted by Crippen LogP contribution is -2.55. The van der Waals surface area contributed by atoms with Crippen molar-refractivity contribution in [3.05, 3.63) is 36.0 Å². The Bertz CT molecular complexity index is 739. The molecule has 5 heteroatoms. The molecular weight excluding hydrogens is 336 g/mol. The molecule has 25 heavy (non-hydrogen) atoms. The van der Waals surface area contributed by atoms with Gasteiger partial charge in [0.2, 0.25) is 0 Å². The first-order valence-corrected chi connectivity index (χ1v) is 9.06. The van der Waals surface area contributed by atoms with E-state index in [-0.39, 0.29) is 18.4 Å². The third-order valence-electron chi connectivity index (χ3n) is 6.13. The molecule has 3 unspecified atom stereocenters. The molecule has 3 aliphatic heterocycles. The topological polar surface area (TPSA) is 45.6 Å². The summed E-state index contributed by atoms with van der Waals surface area (Å²) in [5, 5.41) is 12.2. The number of halogens is 1. The van der Waals surface area contributed by atoms with E-state index in [1.807, 2.05) is 24.3 Å². The van der Waals surface area contributed by atoms with E-state index in [1.54, 1.807) is 13.3 Å². The van der Waals surface area contributed by atoms with Gasteiger partial charge in [-0.25, -0.2) is 0 Å². The quantitative estimate of drug-likeness (QED) is 0.898. The van der Waals surface area contributed by atoms with Crippen LogP contribution in [0.3, 0.4) is 0 Å². The number of benzene rings is 1. The summed E-state index contributed by atoms with van der Waals surface area (Å²) in [6.07, 6.45) is 4.97. The van der Waals surface area contributed by atoms with E-state index < -0.39 is 6.10 Å². The molecule has 1 aromatic heterocycles. The van der Waals surface area contributed by atoms with Crippen molar-refractivity contribution in [3.8, 4) is 5.75 Å². The van der Waals surface area contributed by atoms with E-state index in [1.165, 1.54) is 12.8 Å². The van der Waals surface area contributed by atoms with Crippen LogP contribution >= 0.6 is 12.4 Å². The molecule has 4 heterocycles. The molecule has 0 radical (unpaired) electrons. The Balaban J connectivity index is 0.00000182. The van der Waals surface area contributed by atoms with E-state index in [0.717, 1.165) is 53.6 Å². The van der Waals surface area contributed by atoms with Gasteiger partial charge in [-0.1, -0.05) is 13.3 Å². The van der Waals surface area contributed by atoms with E-state index in [4.69, 9.17) is 4.74 Å². The summed E-state index contributed by atoms with van der Waals surface area (Å²) in [7, 11) is 1.67. The maximum atomic E-state index is 11.2. The Labute approximate surface area is 155 Å². The van der Waals surface area contributed by atoms with Crippen LogP contribution in [-0.2, 0) is 0 Å². The van der Waals surface area contributed by atoms with Crippen LogP contribution in [0.5, 0.6) is 5.75 Å². The van der Waals surface area contributed by atoms with Gasteiger partial charge < -0.3 is 9.84 Å². The molecule has 136 valence electrons. The number of aliphatic hydroxyl groups is 1. The molecule has 3 aliphatic rings. The van der Waals surface area contributed by atoms with Crippen LogP contribution < -0.4 is 4.74 Å². The SMILES string of the molecule is CC[C@@H]1CN2CCC1CC2[C@@H](O)c1ccnc2ccc(OC)cc12.Cl. The summed E-state index contributed by atoms with van der Waals surface area (Å²) in [6, 6.07) is 8.07. The first kappa shape index (κ1) is 18.4. The minimum atomic E-state index is -0.469.